The van der Waals surface area contributed by atoms with Gasteiger partial charge in [-0.05, 0) is 39.0 Å². The van der Waals surface area contributed by atoms with Gasteiger partial charge in [-0.15, -0.1) is 0 Å². The standard InChI is InChI=1S/C14H23NO4/c1-2-19-12-4-3-7-15(9-12)13(16)10-5-6-11(8-10)14(17)18/h10-12H,2-9H2,1H3,(H,17,18)/t10-,11+,12?/m1/s1. The van der Waals surface area contributed by atoms with E-state index in [0.717, 1.165) is 19.4 Å². The fourth-order valence-corrected chi connectivity index (χ4v) is 3.20. The third-order valence-corrected chi connectivity index (χ3v) is 4.22. The molecule has 5 nitrogen and oxygen atoms in total. The smallest absolute Gasteiger partial charge is 0.306 e. The molecule has 0 aromatic heterocycles. The molecule has 2 aliphatic rings. The number of carbonyl (C=O) groups excluding carboxylic acids is 1. The van der Waals surface area contributed by atoms with Crippen molar-refractivity contribution < 1.29 is 19.4 Å². The van der Waals surface area contributed by atoms with E-state index in [2.05, 4.69) is 0 Å². The first-order valence-corrected chi connectivity index (χ1v) is 7.25. The summed E-state index contributed by atoms with van der Waals surface area (Å²) in [5, 5.41) is 8.99. The molecule has 2 fully saturated rings. The van der Waals surface area contributed by atoms with Crippen molar-refractivity contribution in [3.63, 3.8) is 0 Å². The summed E-state index contributed by atoms with van der Waals surface area (Å²) in [6.07, 6.45) is 4.00. The number of nitrogens with zero attached hydrogens (tertiary/aromatic N) is 1. The summed E-state index contributed by atoms with van der Waals surface area (Å²) in [5.41, 5.74) is 0. The summed E-state index contributed by atoms with van der Waals surface area (Å²) in [4.78, 5) is 25.2. The molecular weight excluding hydrogens is 246 g/mol. The van der Waals surface area contributed by atoms with Crippen molar-refractivity contribution in [2.45, 2.75) is 45.1 Å². The van der Waals surface area contributed by atoms with Crippen LogP contribution in [0.5, 0.6) is 0 Å². The Morgan fingerprint density at radius 3 is 2.63 bits per heavy atom. The molecule has 0 spiro atoms. The highest BCUT2D eigenvalue weighted by atomic mass is 16.5. The quantitative estimate of drug-likeness (QED) is 0.840. The van der Waals surface area contributed by atoms with Crippen molar-refractivity contribution in [2.24, 2.45) is 11.8 Å². The van der Waals surface area contributed by atoms with E-state index in [-0.39, 0.29) is 23.8 Å². The molecule has 1 aliphatic heterocycles. The number of ether oxygens (including phenoxy) is 1. The van der Waals surface area contributed by atoms with Crippen molar-refractivity contribution in [3.8, 4) is 0 Å². The summed E-state index contributed by atoms with van der Waals surface area (Å²) in [6.45, 7) is 4.10. The van der Waals surface area contributed by atoms with Crippen LogP contribution in [0.3, 0.4) is 0 Å². The lowest BCUT2D eigenvalue weighted by Gasteiger charge is -2.34. The number of hydrogen-bond acceptors (Lipinski definition) is 3. The Hall–Kier alpha value is -1.10. The Labute approximate surface area is 113 Å². The molecule has 1 saturated heterocycles. The number of carboxylic acid groups (broad SMARTS) is 1. The number of carbonyl (C=O) groups is 2. The van der Waals surface area contributed by atoms with Gasteiger partial charge in [0, 0.05) is 25.6 Å². The van der Waals surface area contributed by atoms with Gasteiger partial charge in [-0.25, -0.2) is 0 Å². The van der Waals surface area contributed by atoms with Crippen molar-refractivity contribution in [3.05, 3.63) is 0 Å². The zero-order valence-electron chi connectivity index (χ0n) is 11.5. The van der Waals surface area contributed by atoms with Crippen LogP contribution in [0.1, 0.15) is 39.0 Å². The van der Waals surface area contributed by atoms with Crippen LogP contribution in [0.4, 0.5) is 0 Å². The second kappa shape index (κ2) is 6.37. The molecule has 0 aromatic carbocycles. The SMILES string of the molecule is CCOC1CCCN(C(=O)[C@@H]2CC[C@H](C(=O)O)C2)C1. The normalized spacial score (nSPS) is 31.4. The Bertz CT molecular complexity index is 342. The zero-order valence-corrected chi connectivity index (χ0v) is 11.5. The number of likely N-dealkylation sites (tertiary alicyclic amines) is 1. The maximum atomic E-state index is 12.4. The van der Waals surface area contributed by atoms with Crippen LogP contribution in [0.2, 0.25) is 0 Å². The highest BCUT2D eigenvalue weighted by Gasteiger charge is 2.37. The minimum absolute atomic E-state index is 0.0959. The molecule has 1 unspecified atom stereocenters. The highest BCUT2D eigenvalue weighted by Crippen LogP contribution is 2.33. The summed E-state index contributed by atoms with van der Waals surface area (Å²) in [5.74, 6) is -1.06. The van der Waals surface area contributed by atoms with Crippen molar-refractivity contribution in [1.29, 1.82) is 0 Å². The molecule has 2 rings (SSSR count). The Balaban J connectivity index is 1.87. The van der Waals surface area contributed by atoms with Crippen LogP contribution in [0, 0.1) is 11.8 Å². The van der Waals surface area contributed by atoms with Crippen LogP contribution in [-0.4, -0.2) is 47.7 Å². The molecule has 1 N–H and O–H groups in total. The summed E-state index contributed by atoms with van der Waals surface area (Å²) in [6, 6.07) is 0. The van der Waals surface area contributed by atoms with Gasteiger partial charge >= 0.3 is 5.97 Å². The van der Waals surface area contributed by atoms with Crippen LogP contribution < -0.4 is 0 Å². The first-order valence-electron chi connectivity index (χ1n) is 7.25. The Morgan fingerprint density at radius 1 is 1.26 bits per heavy atom. The molecule has 1 heterocycles. The van der Waals surface area contributed by atoms with Gasteiger partial charge in [0.2, 0.25) is 5.91 Å². The van der Waals surface area contributed by atoms with E-state index in [1.165, 1.54) is 0 Å². The van der Waals surface area contributed by atoms with Crippen LogP contribution in [0.15, 0.2) is 0 Å². The van der Waals surface area contributed by atoms with Gasteiger partial charge in [-0.2, -0.15) is 0 Å². The van der Waals surface area contributed by atoms with E-state index >= 15 is 0 Å². The van der Waals surface area contributed by atoms with Crippen molar-refractivity contribution >= 4 is 11.9 Å². The van der Waals surface area contributed by atoms with Gasteiger partial charge in [-0.1, -0.05) is 0 Å². The molecule has 19 heavy (non-hydrogen) atoms. The number of amides is 1. The molecule has 5 heteroatoms. The summed E-state index contributed by atoms with van der Waals surface area (Å²) in [7, 11) is 0. The van der Waals surface area contributed by atoms with E-state index in [9.17, 15) is 9.59 Å². The fourth-order valence-electron chi connectivity index (χ4n) is 3.20. The molecule has 1 saturated carbocycles. The minimum Gasteiger partial charge on any atom is -0.481 e. The summed E-state index contributed by atoms with van der Waals surface area (Å²) >= 11 is 0. The van der Waals surface area contributed by atoms with Crippen molar-refractivity contribution in [2.75, 3.05) is 19.7 Å². The predicted molar refractivity (Wildman–Crippen MR) is 69.7 cm³/mol. The molecule has 1 amide bonds. The lowest BCUT2D eigenvalue weighted by Crippen LogP contribution is -2.45. The topological polar surface area (TPSA) is 66.8 Å². The Kier molecular flexibility index (Phi) is 4.80. The zero-order chi connectivity index (χ0) is 13.8. The lowest BCUT2D eigenvalue weighted by atomic mass is 10.0. The van der Waals surface area contributed by atoms with Crippen LogP contribution in [-0.2, 0) is 14.3 Å². The van der Waals surface area contributed by atoms with Gasteiger partial charge in [-0.3, -0.25) is 9.59 Å². The Morgan fingerprint density at radius 2 is 2.00 bits per heavy atom. The van der Waals surface area contributed by atoms with Gasteiger partial charge < -0.3 is 14.7 Å². The number of carboxylic acids is 1. The summed E-state index contributed by atoms with van der Waals surface area (Å²) < 4.78 is 5.60. The average molecular weight is 269 g/mol. The van der Waals surface area contributed by atoms with Gasteiger partial charge in [0.25, 0.3) is 0 Å². The van der Waals surface area contributed by atoms with Gasteiger partial charge in [0.15, 0.2) is 0 Å². The highest BCUT2D eigenvalue weighted by molar-refractivity contribution is 5.81. The molecule has 3 atom stereocenters. The monoisotopic (exact) mass is 269 g/mol. The third kappa shape index (κ3) is 3.47. The second-order valence-corrected chi connectivity index (χ2v) is 5.55. The minimum atomic E-state index is -0.763. The second-order valence-electron chi connectivity index (χ2n) is 5.55. The largest absolute Gasteiger partial charge is 0.481 e. The molecule has 0 radical (unpaired) electrons. The van der Waals surface area contributed by atoms with E-state index in [1.54, 1.807) is 0 Å². The average Bonchev–Trinajstić information content (AvgIpc) is 2.88. The number of piperidine rings is 1. The first-order chi connectivity index (χ1) is 9.11. The predicted octanol–water partition coefficient (Wildman–Crippen LogP) is 1.51. The van der Waals surface area contributed by atoms with E-state index in [4.69, 9.17) is 9.84 Å². The molecule has 108 valence electrons. The van der Waals surface area contributed by atoms with E-state index in [0.29, 0.717) is 32.4 Å². The van der Waals surface area contributed by atoms with Crippen LogP contribution in [0.25, 0.3) is 0 Å². The fraction of sp³-hybridized carbons (Fsp3) is 0.857. The lowest BCUT2D eigenvalue weighted by molar-refractivity contribution is -0.142. The van der Waals surface area contributed by atoms with Gasteiger partial charge in [0.05, 0.1) is 12.0 Å². The van der Waals surface area contributed by atoms with Gasteiger partial charge in [0.1, 0.15) is 0 Å². The maximum absolute atomic E-state index is 12.4. The number of rotatable bonds is 4. The molecular formula is C14H23NO4. The van der Waals surface area contributed by atoms with Crippen LogP contribution >= 0.6 is 0 Å². The van der Waals surface area contributed by atoms with Crippen molar-refractivity contribution in [1.82, 2.24) is 4.90 Å². The van der Waals surface area contributed by atoms with E-state index in [1.807, 2.05) is 11.8 Å². The molecule has 0 aromatic rings. The number of hydrogen-bond donors (Lipinski definition) is 1. The number of aliphatic carboxylic acids is 1. The van der Waals surface area contributed by atoms with E-state index < -0.39 is 5.97 Å². The molecule has 1 aliphatic carbocycles. The third-order valence-electron chi connectivity index (χ3n) is 4.22. The maximum Gasteiger partial charge on any atom is 0.306 e. The first kappa shape index (κ1) is 14.3. The molecule has 0 bridgehead atoms.